The van der Waals surface area contributed by atoms with Gasteiger partial charge in [0.25, 0.3) is 17.8 Å². The van der Waals surface area contributed by atoms with Crippen LogP contribution in [0.1, 0.15) is 111 Å². The number of carboxylic acids is 1. The molecular weight excluding hydrogens is 1350 g/mol. The maximum atomic E-state index is 12.7. The Morgan fingerprint density at radius 3 is 1.17 bits per heavy atom. The van der Waals surface area contributed by atoms with E-state index in [-0.39, 0.29) is 59.4 Å². The fraction of sp³-hybridized carbons (Fsp3) is 0.115. The maximum absolute atomic E-state index is 12.7. The Balaban J connectivity index is 0.000000555. The van der Waals surface area contributed by atoms with Crippen molar-refractivity contribution in [2.45, 2.75) is 37.1 Å². The summed E-state index contributed by atoms with van der Waals surface area (Å²) in [6, 6.07) is 11.9. The average Bonchev–Trinajstić information content (AvgIpc) is 0.825. The third-order valence-electron chi connectivity index (χ3n) is 10.1. The lowest BCUT2D eigenvalue weighted by molar-refractivity contribution is -0.400. The van der Waals surface area contributed by atoms with Gasteiger partial charge in [0.05, 0.1) is 60.4 Å². The number of aromatic carboxylic acids is 1. The lowest BCUT2D eigenvalue weighted by Gasteiger charge is -2.14. The minimum Gasteiger partial charge on any atom is -0.507 e. The quantitative estimate of drug-likeness (QED) is 0.0357. The maximum Gasteiger partial charge on any atom is 0.429 e. The molecule has 0 atom stereocenters. The van der Waals surface area contributed by atoms with Crippen molar-refractivity contribution in [1.29, 1.82) is 5.26 Å². The molecule has 0 radical (unpaired) electrons. The van der Waals surface area contributed by atoms with E-state index in [1.54, 1.807) is 0 Å². The van der Waals surface area contributed by atoms with Crippen molar-refractivity contribution >= 4 is 90.4 Å². The highest BCUT2D eigenvalue weighted by molar-refractivity contribution is 6.36. The topological polar surface area (TPSA) is 321 Å². The smallest absolute Gasteiger partial charge is 0.429 e. The first-order valence-electron chi connectivity index (χ1n) is 22.4. The van der Waals surface area contributed by atoms with Crippen LogP contribution >= 0.6 is 23.2 Å². The van der Waals surface area contributed by atoms with Crippen LogP contribution in [0.3, 0.4) is 0 Å². The number of hydrogen-bond donors (Lipinski definition) is 3. The molecule has 0 aromatic heterocycles. The SMILES string of the molecule is O=COc1cc(C=O)cc(C(=O)O)c1C(F)(F)F.O=Cc1cc(Cl)c(C(F)(F)F)c(Cl)c1.O=Cc1cc(O)c(C(F)(F)F)c(O)c1.O=Cc1cc([N+](=O)[O-])c(C(F)(F)F)c([N+](=O)[O-])c1.O=Cc1ccc(C(F)(F)F)cc1.[C-]#[N+]c1cc(C=O)cc(C#N)c1C(F)(F)F. The van der Waals surface area contributed by atoms with Gasteiger partial charge in [0.15, 0.2) is 6.29 Å². The second-order valence-electron chi connectivity index (χ2n) is 16.2. The molecule has 3 N–H and O–H groups in total. The highest BCUT2D eigenvalue weighted by Gasteiger charge is 2.46. The second kappa shape index (κ2) is 32.5. The van der Waals surface area contributed by atoms with Gasteiger partial charge in [0.2, 0.25) is 11.3 Å². The molecule has 0 heterocycles. The fourth-order valence-corrected chi connectivity index (χ4v) is 7.17. The summed E-state index contributed by atoms with van der Waals surface area (Å²) in [5, 5.41) is 54.8. The average molecular weight is 1370 g/mol. The molecule has 0 spiro atoms. The van der Waals surface area contributed by atoms with E-state index in [0.29, 0.717) is 49.0 Å². The summed E-state index contributed by atoms with van der Waals surface area (Å²) in [5.74, 6) is -5.25. The van der Waals surface area contributed by atoms with E-state index in [9.17, 15) is 138 Å². The third kappa shape index (κ3) is 22.5. The van der Waals surface area contributed by atoms with Crippen LogP contribution in [0.15, 0.2) is 84.9 Å². The van der Waals surface area contributed by atoms with E-state index >= 15 is 0 Å². The molecule has 488 valence electrons. The van der Waals surface area contributed by atoms with Crippen LogP contribution in [0, 0.1) is 38.1 Å². The number of phenols is 2. The minimum atomic E-state index is -5.27. The van der Waals surface area contributed by atoms with E-state index in [1.165, 1.54) is 6.07 Å². The Morgan fingerprint density at radius 2 is 0.859 bits per heavy atom. The van der Waals surface area contributed by atoms with Gasteiger partial charge in [-0.3, -0.25) is 53.8 Å². The molecular formula is C52H24Cl2F18N4O16. The molecule has 0 aliphatic rings. The van der Waals surface area contributed by atoms with Crippen molar-refractivity contribution in [3.05, 3.63) is 205 Å². The molecule has 0 amide bonds. The number of rotatable bonds is 11. The Kier molecular flexibility index (Phi) is 27.9. The summed E-state index contributed by atoms with van der Waals surface area (Å²) in [4.78, 5) is 103. The fourth-order valence-electron chi connectivity index (χ4n) is 6.45. The zero-order chi connectivity index (χ0) is 71.4. The number of carboxylic acid groups (broad SMARTS) is 1. The first-order valence-corrected chi connectivity index (χ1v) is 23.2. The predicted molar refractivity (Wildman–Crippen MR) is 272 cm³/mol. The van der Waals surface area contributed by atoms with Crippen molar-refractivity contribution in [3.63, 3.8) is 0 Å². The molecule has 0 saturated carbocycles. The van der Waals surface area contributed by atoms with Gasteiger partial charge < -0.3 is 20.1 Å². The largest absolute Gasteiger partial charge is 0.507 e. The summed E-state index contributed by atoms with van der Waals surface area (Å²) in [5.41, 5.74) is -15.0. The number of nitro groups is 2. The van der Waals surface area contributed by atoms with E-state index in [4.69, 9.17) is 50.4 Å². The molecule has 6 rings (SSSR count). The molecule has 0 aliphatic carbocycles. The van der Waals surface area contributed by atoms with E-state index < -0.39 is 147 Å². The van der Waals surface area contributed by atoms with Gasteiger partial charge in [-0.05, 0) is 60.7 Å². The van der Waals surface area contributed by atoms with Gasteiger partial charge in [-0.1, -0.05) is 35.3 Å². The van der Waals surface area contributed by atoms with Crippen LogP contribution in [0.25, 0.3) is 4.85 Å². The number of nitriles is 1. The number of carbonyl (C=O) groups excluding carboxylic acids is 7. The van der Waals surface area contributed by atoms with E-state index in [2.05, 4.69) is 9.58 Å². The van der Waals surface area contributed by atoms with Crippen LogP contribution in [-0.2, 0) is 41.9 Å². The van der Waals surface area contributed by atoms with Crippen molar-refractivity contribution < 1.29 is 147 Å². The zero-order valence-corrected chi connectivity index (χ0v) is 45.1. The van der Waals surface area contributed by atoms with Gasteiger partial charge in [-0.15, -0.1) is 0 Å². The van der Waals surface area contributed by atoms with Crippen LogP contribution in [0.4, 0.5) is 96.1 Å². The summed E-state index contributed by atoms with van der Waals surface area (Å²) in [6.07, 6.45) is -27.4. The van der Waals surface area contributed by atoms with E-state index in [1.807, 2.05) is 0 Å². The Labute approximate surface area is 506 Å². The first kappa shape index (κ1) is 79.0. The number of hydrogen-bond acceptors (Lipinski definition) is 16. The number of phenolic OH excluding ortho intramolecular Hbond substituents is 2. The standard InChI is InChI=1S/C10H3F3N2O.C10H5F3O5.C8H3Cl2F3O.C8H3F3N2O5.C8H5F3O3.C8H5F3O/c1-15-8-3-6(5-16)2-7(4-14)9(8)10(11,12)13;11-10(12,13)8-6(9(16)17)1-5(3-14)2-7(8)18-4-15;9-5-1-4(3-14)2-6(10)7(5)8(11,12)13;9-8(10,11)7-5(12(15)16)1-4(3-14)2-6(7)13(17)18;9-8(10,11)7-5(13)1-4(3-12)2-6(7)14;9-8(10,11)7-3-1-6(5-12)2-4-7/h2-3,5H;1-4H,(H,16,17);1-3H;1-3H;1-3,13-14H;1-5H. The Bertz CT molecular complexity index is 3690. The number of aromatic hydroxyl groups is 2. The number of aldehydes is 6. The van der Waals surface area contributed by atoms with E-state index in [0.717, 1.165) is 48.5 Å². The van der Waals surface area contributed by atoms with Gasteiger partial charge in [-0.25, -0.2) is 9.64 Å². The monoisotopic (exact) mass is 1370 g/mol. The molecule has 0 saturated heterocycles. The van der Waals surface area contributed by atoms with Crippen molar-refractivity contribution in [2.75, 3.05) is 0 Å². The number of alkyl halides is 18. The highest BCUT2D eigenvalue weighted by Crippen LogP contribution is 2.45. The number of ether oxygens (including phenoxy) is 1. The van der Waals surface area contributed by atoms with Crippen molar-refractivity contribution in [2.24, 2.45) is 0 Å². The molecule has 6 aromatic carbocycles. The number of benzene rings is 6. The zero-order valence-electron chi connectivity index (χ0n) is 43.6. The molecule has 6 aromatic rings. The lowest BCUT2D eigenvalue weighted by Crippen LogP contribution is -2.15. The molecule has 0 aliphatic heterocycles. The van der Waals surface area contributed by atoms with Crippen LogP contribution < -0.4 is 4.74 Å². The molecule has 92 heavy (non-hydrogen) atoms. The number of nitro benzene ring substituents is 2. The molecule has 0 fully saturated rings. The predicted octanol–water partition coefficient (Wildman–Crippen LogP) is 15.3. The van der Waals surface area contributed by atoms with Crippen molar-refractivity contribution in [1.82, 2.24) is 0 Å². The van der Waals surface area contributed by atoms with Gasteiger partial charge in [0.1, 0.15) is 59.8 Å². The molecule has 20 nitrogen and oxygen atoms in total. The first-order chi connectivity index (χ1) is 42.2. The number of nitrogens with zero attached hydrogens (tertiary/aromatic N) is 4. The molecule has 40 heteroatoms. The van der Waals surface area contributed by atoms with Crippen LogP contribution in [-0.4, -0.2) is 75.3 Å². The Hall–Kier alpha value is -11.0. The number of halogens is 20. The normalized spacial score (nSPS) is 11.0. The summed E-state index contributed by atoms with van der Waals surface area (Å²) < 4.78 is 227. The third-order valence-corrected chi connectivity index (χ3v) is 10.7. The summed E-state index contributed by atoms with van der Waals surface area (Å²) in [7, 11) is 0. The number of carbonyl (C=O) groups is 8. The van der Waals surface area contributed by atoms with Crippen molar-refractivity contribution in [3.8, 4) is 23.3 Å². The lowest BCUT2D eigenvalue weighted by atomic mass is 10.0. The summed E-state index contributed by atoms with van der Waals surface area (Å²) >= 11 is 10.7. The highest BCUT2D eigenvalue weighted by atomic mass is 35.5. The molecule has 0 bridgehead atoms. The summed E-state index contributed by atoms with van der Waals surface area (Å²) in [6.45, 7) is 6.32. The van der Waals surface area contributed by atoms with Gasteiger partial charge >= 0.3 is 43.0 Å². The molecule has 0 unspecified atom stereocenters. The van der Waals surface area contributed by atoms with Crippen LogP contribution in [0.2, 0.25) is 10.0 Å². The second-order valence-corrected chi connectivity index (χ2v) is 17.0. The van der Waals surface area contributed by atoms with Gasteiger partial charge in [0, 0.05) is 45.5 Å². The Morgan fingerprint density at radius 1 is 0.500 bits per heavy atom. The van der Waals surface area contributed by atoms with Crippen LogP contribution in [0.5, 0.6) is 17.2 Å². The van der Waals surface area contributed by atoms with Gasteiger partial charge in [-0.2, -0.15) is 84.3 Å². The minimum absolute atomic E-state index is 0.00741.